The fraction of sp³-hybridized carbons (Fsp3) is 0.238. The predicted molar refractivity (Wildman–Crippen MR) is 107 cm³/mol. The third-order valence-electron chi connectivity index (χ3n) is 4.79. The van der Waals surface area contributed by atoms with E-state index in [9.17, 15) is 14.0 Å². The first kappa shape index (κ1) is 18.7. The molecule has 0 N–H and O–H groups in total. The highest BCUT2D eigenvalue weighted by molar-refractivity contribution is 8.04. The summed E-state index contributed by atoms with van der Waals surface area (Å²) < 4.78 is 19.2. The van der Waals surface area contributed by atoms with Crippen LogP contribution in [0.4, 0.5) is 10.1 Å². The first-order chi connectivity index (χ1) is 13.5. The Hall–Kier alpha value is -2.64. The second-order valence-electron chi connectivity index (χ2n) is 6.58. The summed E-state index contributed by atoms with van der Waals surface area (Å²) in [7, 11) is 1.67. The summed E-state index contributed by atoms with van der Waals surface area (Å²) >= 11 is 1.29. The number of carbonyl (C=O) groups is 2. The number of morpholine rings is 1. The highest BCUT2D eigenvalue weighted by Gasteiger charge is 2.28. The van der Waals surface area contributed by atoms with Gasteiger partial charge in [-0.25, -0.2) is 4.39 Å². The van der Waals surface area contributed by atoms with Gasteiger partial charge in [-0.3, -0.25) is 9.59 Å². The van der Waals surface area contributed by atoms with E-state index in [-0.39, 0.29) is 17.6 Å². The Morgan fingerprint density at radius 2 is 1.93 bits per heavy atom. The topological polar surface area (TPSA) is 49.9 Å². The maximum Gasteiger partial charge on any atom is 0.264 e. The second-order valence-corrected chi connectivity index (χ2v) is 7.67. The van der Waals surface area contributed by atoms with Gasteiger partial charge in [-0.15, -0.1) is 0 Å². The van der Waals surface area contributed by atoms with E-state index in [1.165, 1.54) is 22.7 Å². The third kappa shape index (κ3) is 3.55. The summed E-state index contributed by atoms with van der Waals surface area (Å²) in [5.74, 6) is -0.662. The minimum atomic E-state index is -0.372. The van der Waals surface area contributed by atoms with Crippen LogP contribution in [-0.2, 0) is 9.53 Å². The fourth-order valence-corrected chi connectivity index (χ4v) is 4.29. The van der Waals surface area contributed by atoms with Crippen LogP contribution in [-0.4, -0.2) is 50.1 Å². The molecule has 2 aromatic carbocycles. The van der Waals surface area contributed by atoms with Crippen LogP contribution in [0.1, 0.15) is 15.9 Å². The van der Waals surface area contributed by atoms with E-state index in [0.29, 0.717) is 48.0 Å². The Morgan fingerprint density at radius 3 is 2.68 bits per heavy atom. The number of nitrogens with zero attached hydrogens (tertiary/aromatic N) is 2. The lowest BCUT2D eigenvalue weighted by atomic mass is 10.1. The molecule has 0 spiro atoms. The van der Waals surface area contributed by atoms with Crippen molar-refractivity contribution < 1.29 is 18.7 Å². The molecule has 144 valence electrons. The van der Waals surface area contributed by atoms with Crippen LogP contribution in [0.2, 0.25) is 0 Å². The number of rotatable bonds is 2. The van der Waals surface area contributed by atoms with Gasteiger partial charge in [0.15, 0.2) is 0 Å². The maximum atomic E-state index is 14.0. The zero-order chi connectivity index (χ0) is 19.7. The average Bonchev–Trinajstić information content (AvgIpc) is 2.73. The summed E-state index contributed by atoms with van der Waals surface area (Å²) in [5.41, 5.74) is 1.59. The minimum Gasteiger partial charge on any atom is -0.378 e. The second kappa shape index (κ2) is 7.77. The molecule has 1 saturated heterocycles. The lowest BCUT2D eigenvalue weighted by molar-refractivity contribution is -0.114. The van der Waals surface area contributed by atoms with Gasteiger partial charge in [0.05, 0.1) is 23.8 Å². The number of benzene rings is 2. The van der Waals surface area contributed by atoms with E-state index in [1.807, 2.05) is 6.07 Å². The molecular weight excluding hydrogens is 379 g/mol. The molecule has 5 nitrogen and oxygen atoms in total. The molecule has 0 aliphatic carbocycles. The zero-order valence-electron chi connectivity index (χ0n) is 15.4. The van der Waals surface area contributed by atoms with Gasteiger partial charge in [-0.05, 0) is 30.3 Å². The quantitative estimate of drug-likeness (QED) is 0.728. The molecule has 2 amide bonds. The van der Waals surface area contributed by atoms with Gasteiger partial charge >= 0.3 is 0 Å². The van der Waals surface area contributed by atoms with E-state index in [0.717, 1.165) is 4.90 Å². The number of anilines is 1. The molecule has 0 aromatic heterocycles. The van der Waals surface area contributed by atoms with Crippen LogP contribution in [0.5, 0.6) is 0 Å². The van der Waals surface area contributed by atoms with Crippen molar-refractivity contribution in [2.75, 3.05) is 38.3 Å². The lowest BCUT2D eigenvalue weighted by Crippen LogP contribution is -2.40. The van der Waals surface area contributed by atoms with Crippen LogP contribution in [0.15, 0.2) is 52.3 Å². The summed E-state index contributed by atoms with van der Waals surface area (Å²) in [5, 5.41) is 0. The number of amides is 2. The maximum absolute atomic E-state index is 14.0. The van der Waals surface area contributed by atoms with E-state index in [2.05, 4.69) is 0 Å². The van der Waals surface area contributed by atoms with E-state index in [1.54, 1.807) is 48.4 Å². The Bertz CT molecular complexity index is 970. The summed E-state index contributed by atoms with van der Waals surface area (Å²) in [4.78, 5) is 30.1. The van der Waals surface area contributed by atoms with Crippen LogP contribution >= 0.6 is 11.8 Å². The van der Waals surface area contributed by atoms with Crippen molar-refractivity contribution in [1.82, 2.24) is 4.90 Å². The van der Waals surface area contributed by atoms with Crippen LogP contribution < -0.4 is 4.90 Å². The molecule has 0 bridgehead atoms. The molecule has 28 heavy (non-hydrogen) atoms. The van der Waals surface area contributed by atoms with Gasteiger partial charge in [0, 0.05) is 36.2 Å². The van der Waals surface area contributed by atoms with Gasteiger partial charge in [-0.1, -0.05) is 30.0 Å². The minimum absolute atomic E-state index is 0.0651. The normalized spacial score (nSPS) is 18.4. The zero-order valence-corrected chi connectivity index (χ0v) is 16.2. The van der Waals surface area contributed by atoms with Crippen molar-refractivity contribution >= 4 is 35.3 Å². The monoisotopic (exact) mass is 398 g/mol. The molecule has 0 saturated carbocycles. The van der Waals surface area contributed by atoms with Crippen molar-refractivity contribution in [3.63, 3.8) is 0 Å². The molecule has 2 aromatic rings. The van der Waals surface area contributed by atoms with Crippen molar-refractivity contribution in [3.05, 3.63) is 64.3 Å². The Labute approximate surface area is 166 Å². The molecule has 0 radical (unpaired) electrons. The largest absolute Gasteiger partial charge is 0.378 e. The number of halogens is 1. The first-order valence-electron chi connectivity index (χ1n) is 8.98. The smallest absolute Gasteiger partial charge is 0.264 e. The number of thioether (sulfide) groups is 1. The molecule has 2 heterocycles. The van der Waals surface area contributed by atoms with Gasteiger partial charge < -0.3 is 14.5 Å². The highest BCUT2D eigenvalue weighted by atomic mass is 32.2. The molecule has 1 fully saturated rings. The number of fused-ring (bicyclic) bond motifs is 1. The molecule has 0 atom stereocenters. The Kier molecular flexibility index (Phi) is 5.19. The Balaban J connectivity index is 1.63. The van der Waals surface area contributed by atoms with E-state index in [4.69, 9.17) is 4.74 Å². The average molecular weight is 398 g/mol. The van der Waals surface area contributed by atoms with Crippen molar-refractivity contribution in [1.29, 1.82) is 0 Å². The lowest BCUT2D eigenvalue weighted by Gasteiger charge is -2.29. The molecule has 4 rings (SSSR count). The van der Waals surface area contributed by atoms with Crippen molar-refractivity contribution in [2.24, 2.45) is 0 Å². The third-order valence-corrected chi connectivity index (χ3v) is 5.87. The number of ether oxygens (including phenoxy) is 1. The first-order valence-corrected chi connectivity index (χ1v) is 9.79. The number of likely N-dealkylation sites (N-methyl/N-ethyl adjacent to an activating group) is 1. The van der Waals surface area contributed by atoms with Crippen LogP contribution in [0.3, 0.4) is 0 Å². The van der Waals surface area contributed by atoms with Gasteiger partial charge in [0.2, 0.25) is 0 Å². The van der Waals surface area contributed by atoms with Gasteiger partial charge in [-0.2, -0.15) is 0 Å². The van der Waals surface area contributed by atoms with Crippen molar-refractivity contribution in [3.8, 4) is 0 Å². The Morgan fingerprint density at radius 1 is 1.18 bits per heavy atom. The molecule has 0 unspecified atom stereocenters. The van der Waals surface area contributed by atoms with Gasteiger partial charge in [0.25, 0.3) is 11.8 Å². The fourth-order valence-electron chi connectivity index (χ4n) is 3.21. The van der Waals surface area contributed by atoms with E-state index < -0.39 is 0 Å². The predicted octanol–water partition coefficient (Wildman–Crippen LogP) is 3.41. The number of hydrogen-bond donors (Lipinski definition) is 0. The molecule has 7 heteroatoms. The van der Waals surface area contributed by atoms with E-state index >= 15 is 0 Å². The van der Waals surface area contributed by atoms with Crippen LogP contribution in [0.25, 0.3) is 6.08 Å². The molecular formula is C21H19FN2O3S. The highest BCUT2D eigenvalue weighted by Crippen LogP contribution is 2.42. The number of carbonyl (C=O) groups excluding carboxylic acids is 2. The summed E-state index contributed by atoms with van der Waals surface area (Å²) in [6.07, 6.45) is 1.56. The number of hydrogen-bond acceptors (Lipinski definition) is 4. The van der Waals surface area contributed by atoms with Crippen molar-refractivity contribution in [2.45, 2.75) is 4.90 Å². The molecule has 2 aliphatic rings. The SMILES string of the molecule is CN1C(=O)/C(=C/c2ccccc2F)Sc2ccc(C(=O)N3CCOCC3)cc21. The van der Waals surface area contributed by atoms with Gasteiger partial charge in [0.1, 0.15) is 5.82 Å². The molecule has 2 aliphatic heterocycles. The summed E-state index contributed by atoms with van der Waals surface area (Å²) in [6.45, 7) is 2.20. The summed E-state index contributed by atoms with van der Waals surface area (Å²) in [6, 6.07) is 11.7. The van der Waals surface area contributed by atoms with Crippen LogP contribution in [0, 0.1) is 5.82 Å². The standard InChI is InChI=1S/C21H19FN2O3S/c1-23-17-12-15(20(25)24-8-10-27-11-9-24)6-7-18(17)28-19(21(23)26)13-14-4-2-3-5-16(14)22/h2-7,12-13H,8-11H2,1H3/b19-13-.